The van der Waals surface area contributed by atoms with Gasteiger partial charge < -0.3 is 10.1 Å². The molecule has 0 saturated carbocycles. The Morgan fingerprint density at radius 2 is 1.59 bits per heavy atom. The van der Waals surface area contributed by atoms with E-state index in [-0.39, 0.29) is 16.1 Å². The van der Waals surface area contributed by atoms with E-state index >= 15 is 0 Å². The first-order chi connectivity index (χ1) is 15.2. The maximum Gasteiger partial charge on any atom is 0.339 e. The van der Waals surface area contributed by atoms with Crippen LogP contribution in [0.1, 0.15) is 21.5 Å². The maximum absolute atomic E-state index is 13.4. The van der Waals surface area contributed by atoms with Crippen LogP contribution in [0.4, 0.5) is 11.4 Å². The van der Waals surface area contributed by atoms with Crippen molar-refractivity contribution >= 4 is 33.3 Å². The van der Waals surface area contributed by atoms with Crippen LogP contribution in [0, 0.1) is 13.8 Å². The number of nitrogens with one attached hydrogen (secondary N) is 1. The number of hydrogen-bond donors (Lipinski definition) is 1. The largest absolute Gasteiger partial charge is 0.465 e. The Bertz CT molecular complexity index is 1240. The van der Waals surface area contributed by atoms with E-state index in [0.29, 0.717) is 5.69 Å². The smallest absolute Gasteiger partial charge is 0.339 e. The predicted molar refractivity (Wildman–Crippen MR) is 123 cm³/mol. The van der Waals surface area contributed by atoms with E-state index in [1.54, 1.807) is 48.5 Å². The van der Waals surface area contributed by atoms with Crippen LogP contribution in [0.2, 0.25) is 0 Å². The number of carbonyl (C=O) groups is 2. The van der Waals surface area contributed by atoms with Gasteiger partial charge in [-0.1, -0.05) is 42.0 Å². The van der Waals surface area contributed by atoms with Crippen LogP contribution in [0.25, 0.3) is 0 Å². The molecule has 0 bridgehead atoms. The number of esters is 1. The van der Waals surface area contributed by atoms with Crippen molar-refractivity contribution in [3.63, 3.8) is 0 Å². The molecule has 0 aliphatic heterocycles. The molecule has 1 amide bonds. The van der Waals surface area contributed by atoms with Crippen molar-refractivity contribution in [3.8, 4) is 0 Å². The summed E-state index contributed by atoms with van der Waals surface area (Å²) in [5.74, 6) is -1.21. The molecule has 3 aromatic carbocycles. The average Bonchev–Trinajstić information content (AvgIpc) is 2.77. The summed E-state index contributed by atoms with van der Waals surface area (Å²) in [7, 11) is -2.78. The number of nitrogens with zero attached hydrogens (tertiary/aromatic N) is 1. The molecule has 3 rings (SSSR count). The first-order valence-electron chi connectivity index (χ1n) is 9.85. The first-order valence-corrected chi connectivity index (χ1v) is 11.3. The molecule has 0 aromatic heterocycles. The summed E-state index contributed by atoms with van der Waals surface area (Å²) in [6.45, 7) is 3.23. The van der Waals surface area contributed by atoms with Gasteiger partial charge in [-0.2, -0.15) is 0 Å². The molecule has 32 heavy (non-hydrogen) atoms. The Hall–Kier alpha value is -3.65. The second kappa shape index (κ2) is 9.65. The molecule has 3 aromatic rings. The summed E-state index contributed by atoms with van der Waals surface area (Å²) in [5.41, 5.74) is 2.54. The van der Waals surface area contributed by atoms with Gasteiger partial charge in [-0.05, 0) is 55.8 Å². The van der Waals surface area contributed by atoms with Crippen molar-refractivity contribution in [2.24, 2.45) is 0 Å². The molecule has 0 aliphatic rings. The molecule has 1 N–H and O–H groups in total. The summed E-state index contributed by atoms with van der Waals surface area (Å²) < 4.78 is 32.7. The summed E-state index contributed by atoms with van der Waals surface area (Å²) in [6, 6.07) is 19.7. The van der Waals surface area contributed by atoms with Crippen LogP contribution < -0.4 is 9.62 Å². The molecule has 0 heterocycles. The minimum Gasteiger partial charge on any atom is -0.465 e. The van der Waals surface area contributed by atoms with Gasteiger partial charge in [0.1, 0.15) is 6.54 Å². The maximum atomic E-state index is 13.4. The molecular weight excluding hydrogens is 428 g/mol. The fourth-order valence-electron chi connectivity index (χ4n) is 3.14. The highest BCUT2D eigenvalue weighted by molar-refractivity contribution is 7.92. The lowest BCUT2D eigenvalue weighted by Crippen LogP contribution is -2.38. The quantitative estimate of drug-likeness (QED) is 0.549. The minimum absolute atomic E-state index is 0.0763. The summed E-state index contributed by atoms with van der Waals surface area (Å²) in [4.78, 5) is 25.0. The minimum atomic E-state index is -4.03. The number of para-hydroxylation sites is 1. The van der Waals surface area contributed by atoms with Crippen molar-refractivity contribution in [3.05, 3.63) is 89.5 Å². The number of rotatable bonds is 7. The van der Waals surface area contributed by atoms with Crippen molar-refractivity contribution < 1.29 is 22.7 Å². The summed E-state index contributed by atoms with van der Waals surface area (Å²) >= 11 is 0. The first kappa shape index (κ1) is 23.0. The lowest BCUT2D eigenvalue weighted by atomic mass is 10.2. The fraction of sp³-hybridized carbons (Fsp3) is 0.167. The van der Waals surface area contributed by atoms with E-state index in [0.717, 1.165) is 15.4 Å². The van der Waals surface area contributed by atoms with Gasteiger partial charge in [0, 0.05) is 0 Å². The SMILES string of the molecule is COC(=O)c1ccccc1NC(=O)CN(c1cccc(C)c1)S(=O)(=O)c1ccc(C)cc1. The molecule has 8 heteroatoms. The second-order valence-electron chi connectivity index (χ2n) is 7.25. The van der Waals surface area contributed by atoms with E-state index in [1.165, 1.54) is 25.3 Å². The lowest BCUT2D eigenvalue weighted by molar-refractivity contribution is -0.114. The Balaban J connectivity index is 1.96. The molecule has 0 fully saturated rings. The Morgan fingerprint density at radius 1 is 0.906 bits per heavy atom. The van der Waals surface area contributed by atoms with E-state index in [4.69, 9.17) is 4.74 Å². The van der Waals surface area contributed by atoms with Gasteiger partial charge in [0.05, 0.1) is 28.9 Å². The van der Waals surface area contributed by atoms with Gasteiger partial charge in [0.2, 0.25) is 5.91 Å². The number of sulfonamides is 1. The monoisotopic (exact) mass is 452 g/mol. The number of hydrogen-bond acceptors (Lipinski definition) is 5. The highest BCUT2D eigenvalue weighted by atomic mass is 32.2. The summed E-state index contributed by atoms with van der Waals surface area (Å²) in [6.07, 6.45) is 0. The van der Waals surface area contributed by atoms with Crippen LogP contribution >= 0.6 is 0 Å². The van der Waals surface area contributed by atoms with Gasteiger partial charge >= 0.3 is 5.97 Å². The number of methoxy groups -OCH3 is 1. The zero-order valence-corrected chi connectivity index (χ0v) is 18.8. The Kier molecular flexibility index (Phi) is 6.95. The Morgan fingerprint density at radius 3 is 2.25 bits per heavy atom. The lowest BCUT2D eigenvalue weighted by Gasteiger charge is -2.24. The van der Waals surface area contributed by atoms with Gasteiger partial charge in [-0.3, -0.25) is 9.10 Å². The standard InChI is InChI=1S/C24H24N2O5S/c1-17-11-13-20(14-12-17)32(29,30)26(19-8-6-7-18(2)15-19)16-23(27)25-22-10-5-4-9-21(22)24(28)31-3/h4-15H,16H2,1-3H3,(H,25,27). The average molecular weight is 453 g/mol. The molecule has 166 valence electrons. The zero-order chi connectivity index (χ0) is 23.3. The normalized spacial score (nSPS) is 11.0. The molecule has 0 radical (unpaired) electrons. The van der Waals surface area contributed by atoms with Crippen LogP contribution in [0.15, 0.2) is 77.7 Å². The number of amides is 1. The topological polar surface area (TPSA) is 92.8 Å². The Labute approximate surface area is 187 Å². The van der Waals surface area contributed by atoms with Crippen molar-refractivity contribution in [1.82, 2.24) is 0 Å². The number of ether oxygens (including phenoxy) is 1. The van der Waals surface area contributed by atoms with E-state index in [2.05, 4.69) is 5.32 Å². The molecule has 7 nitrogen and oxygen atoms in total. The number of aryl methyl sites for hydroxylation is 2. The van der Waals surface area contributed by atoms with Gasteiger partial charge in [-0.25, -0.2) is 13.2 Å². The summed E-state index contributed by atoms with van der Waals surface area (Å²) in [5, 5.41) is 2.63. The third-order valence-corrected chi connectivity index (χ3v) is 6.58. The number of anilines is 2. The van der Waals surface area contributed by atoms with E-state index in [9.17, 15) is 18.0 Å². The molecular formula is C24H24N2O5S. The highest BCUT2D eigenvalue weighted by Gasteiger charge is 2.27. The third kappa shape index (κ3) is 5.15. The van der Waals surface area contributed by atoms with Gasteiger partial charge in [-0.15, -0.1) is 0 Å². The second-order valence-corrected chi connectivity index (χ2v) is 9.11. The van der Waals surface area contributed by atoms with Crippen molar-refractivity contribution in [2.75, 3.05) is 23.3 Å². The number of benzene rings is 3. The molecule has 0 saturated heterocycles. The van der Waals surface area contributed by atoms with Crippen LogP contribution in [-0.4, -0.2) is 33.9 Å². The van der Waals surface area contributed by atoms with Crippen LogP contribution in [0.3, 0.4) is 0 Å². The fourth-order valence-corrected chi connectivity index (χ4v) is 4.55. The van der Waals surface area contributed by atoms with Crippen LogP contribution in [0.5, 0.6) is 0 Å². The van der Waals surface area contributed by atoms with Crippen molar-refractivity contribution in [2.45, 2.75) is 18.7 Å². The van der Waals surface area contributed by atoms with Crippen LogP contribution in [-0.2, 0) is 19.6 Å². The molecule has 0 atom stereocenters. The predicted octanol–water partition coefficient (Wildman–Crippen LogP) is 3.92. The molecule has 0 unspecified atom stereocenters. The molecule has 0 spiro atoms. The zero-order valence-electron chi connectivity index (χ0n) is 18.0. The van der Waals surface area contributed by atoms with Crippen molar-refractivity contribution in [1.29, 1.82) is 0 Å². The number of carbonyl (C=O) groups excluding carboxylic acids is 2. The van der Waals surface area contributed by atoms with Gasteiger partial charge in [0.15, 0.2) is 0 Å². The molecule has 0 aliphatic carbocycles. The third-order valence-electron chi connectivity index (χ3n) is 4.79. The highest BCUT2D eigenvalue weighted by Crippen LogP contribution is 2.25. The van der Waals surface area contributed by atoms with E-state index in [1.807, 2.05) is 19.9 Å². The van der Waals surface area contributed by atoms with Gasteiger partial charge in [0.25, 0.3) is 10.0 Å². The van der Waals surface area contributed by atoms with E-state index < -0.39 is 28.4 Å².